The lowest BCUT2D eigenvalue weighted by Crippen LogP contribution is -2.48. The minimum Gasteiger partial charge on any atom is -0.481 e. The number of aliphatic carboxylic acids is 1. The number of nitrogens with two attached hydrogens (primary N) is 1. The lowest BCUT2D eigenvalue weighted by Gasteiger charge is -2.39. The van der Waals surface area contributed by atoms with Gasteiger partial charge in [0.1, 0.15) is 5.92 Å². The highest BCUT2D eigenvalue weighted by Crippen LogP contribution is 2.45. The number of fused-ring (bicyclic) bond motifs is 1. The van der Waals surface area contributed by atoms with E-state index in [1.54, 1.807) is 42.5 Å². The molecule has 1 aliphatic heterocycles. The van der Waals surface area contributed by atoms with Gasteiger partial charge in [-0.2, -0.15) is 0 Å². The van der Waals surface area contributed by atoms with Crippen LogP contribution in [0.25, 0.3) is 0 Å². The Kier molecular flexibility index (Phi) is 6.66. The van der Waals surface area contributed by atoms with E-state index in [-0.39, 0.29) is 18.4 Å². The maximum atomic E-state index is 13.3. The number of halogens is 1. The molecular formula is C22H21BrN2O5. The van der Waals surface area contributed by atoms with Gasteiger partial charge in [-0.3, -0.25) is 24.1 Å². The molecule has 0 saturated carbocycles. The van der Waals surface area contributed by atoms with Gasteiger partial charge in [-0.05, 0) is 36.1 Å². The lowest BCUT2D eigenvalue weighted by molar-refractivity contribution is -0.142. The molecule has 0 saturated heterocycles. The van der Waals surface area contributed by atoms with Crippen molar-refractivity contribution in [3.63, 3.8) is 0 Å². The van der Waals surface area contributed by atoms with Crippen LogP contribution in [0.3, 0.4) is 0 Å². The predicted octanol–water partition coefficient (Wildman–Crippen LogP) is 3.39. The fraction of sp³-hybridized carbons (Fsp3) is 0.273. The van der Waals surface area contributed by atoms with E-state index in [2.05, 4.69) is 15.9 Å². The fourth-order valence-electron chi connectivity index (χ4n) is 3.80. The van der Waals surface area contributed by atoms with E-state index in [1.165, 1.54) is 6.07 Å². The number of carbonyl (C=O) groups excluding carboxylic acids is 3. The molecule has 3 amide bonds. The second-order valence-electron chi connectivity index (χ2n) is 7.11. The van der Waals surface area contributed by atoms with Crippen LogP contribution in [0.15, 0.2) is 53.0 Å². The second kappa shape index (κ2) is 9.21. The normalized spacial score (nSPS) is 18.0. The number of amides is 3. The monoisotopic (exact) mass is 472 g/mol. The van der Waals surface area contributed by atoms with Gasteiger partial charge in [0, 0.05) is 22.9 Å². The Hall–Kier alpha value is -3.00. The standard InChI is InChI=1S/C22H21BrN2O5/c23-16-10-4-3-9-15(16)20-19(22(29)30)13-7-1-2-8-14(13)21(28)25(20)18(27)12-6-5-11-17(24)26/h1-4,7-10,19-20H,5-6,11-12H2,(H2,24,26)(H,29,30)/t19-,20+/m0/s1. The number of carbonyl (C=O) groups is 4. The van der Waals surface area contributed by atoms with Crippen LogP contribution >= 0.6 is 15.9 Å². The number of rotatable bonds is 7. The van der Waals surface area contributed by atoms with Gasteiger partial charge >= 0.3 is 5.97 Å². The third kappa shape index (κ3) is 4.28. The first-order valence-electron chi connectivity index (χ1n) is 9.53. The summed E-state index contributed by atoms with van der Waals surface area (Å²) >= 11 is 3.43. The molecule has 0 fully saturated rings. The second-order valence-corrected chi connectivity index (χ2v) is 7.97. The minimum atomic E-state index is -1.12. The van der Waals surface area contributed by atoms with Crippen molar-refractivity contribution in [3.05, 3.63) is 69.7 Å². The maximum Gasteiger partial charge on any atom is 0.313 e. The molecular weight excluding hydrogens is 452 g/mol. The van der Waals surface area contributed by atoms with E-state index >= 15 is 0 Å². The van der Waals surface area contributed by atoms with Gasteiger partial charge in [0.2, 0.25) is 11.8 Å². The number of hydrogen-bond donors (Lipinski definition) is 2. The number of benzene rings is 2. The third-order valence-electron chi connectivity index (χ3n) is 5.16. The number of imide groups is 1. The number of carboxylic acids is 1. The largest absolute Gasteiger partial charge is 0.481 e. The van der Waals surface area contributed by atoms with Crippen LogP contribution in [0.1, 0.15) is 59.1 Å². The van der Waals surface area contributed by atoms with E-state index in [0.717, 1.165) is 4.90 Å². The summed E-state index contributed by atoms with van der Waals surface area (Å²) in [5.74, 6) is -3.69. The van der Waals surface area contributed by atoms with Crippen LogP contribution in [0.5, 0.6) is 0 Å². The van der Waals surface area contributed by atoms with Gasteiger partial charge in [-0.25, -0.2) is 0 Å². The summed E-state index contributed by atoms with van der Waals surface area (Å²) in [6.07, 6.45) is 0.944. The van der Waals surface area contributed by atoms with Crippen LogP contribution in [0.4, 0.5) is 0 Å². The Labute approximate surface area is 182 Å². The van der Waals surface area contributed by atoms with Crippen LogP contribution in [0.2, 0.25) is 0 Å². The molecule has 1 aliphatic rings. The third-order valence-corrected chi connectivity index (χ3v) is 5.88. The summed E-state index contributed by atoms with van der Waals surface area (Å²) in [5, 5.41) is 10.1. The number of primary amides is 1. The maximum absolute atomic E-state index is 13.3. The van der Waals surface area contributed by atoms with Crippen molar-refractivity contribution in [2.24, 2.45) is 5.73 Å². The molecule has 0 unspecified atom stereocenters. The molecule has 2 aromatic rings. The van der Waals surface area contributed by atoms with Crippen molar-refractivity contribution < 1.29 is 24.3 Å². The number of hydrogen-bond acceptors (Lipinski definition) is 4. The van der Waals surface area contributed by atoms with Crippen LogP contribution in [-0.4, -0.2) is 33.7 Å². The van der Waals surface area contributed by atoms with Gasteiger partial charge < -0.3 is 10.8 Å². The Morgan fingerprint density at radius 3 is 2.20 bits per heavy atom. The van der Waals surface area contributed by atoms with E-state index in [0.29, 0.717) is 28.4 Å². The summed E-state index contributed by atoms with van der Waals surface area (Å²) in [6, 6.07) is 12.4. The summed E-state index contributed by atoms with van der Waals surface area (Å²) < 4.78 is 0.611. The van der Waals surface area contributed by atoms with Crippen molar-refractivity contribution in [2.45, 2.75) is 37.6 Å². The van der Waals surface area contributed by atoms with E-state index in [4.69, 9.17) is 5.73 Å². The van der Waals surface area contributed by atoms with Crippen molar-refractivity contribution in [1.29, 1.82) is 0 Å². The SMILES string of the molecule is NC(=O)CCCCC(=O)N1C(=O)c2ccccc2[C@H](C(=O)O)[C@H]1c1ccccc1Br. The Bertz CT molecular complexity index is 1010. The number of unbranched alkanes of at least 4 members (excludes halogenated alkanes) is 1. The predicted molar refractivity (Wildman–Crippen MR) is 113 cm³/mol. The molecule has 8 heteroatoms. The molecule has 2 atom stereocenters. The fourth-order valence-corrected chi connectivity index (χ4v) is 4.32. The zero-order valence-electron chi connectivity index (χ0n) is 16.1. The number of nitrogens with zero attached hydrogens (tertiary/aromatic N) is 1. The molecule has 156 valence electrons. The molecule has 0 aliphatic carbocycles. The topological polar surface area (TPSA) is 118 Å². The van der Waals surface area contributed by atoms with E-state index in [9.17, 15) is 24.3 Å². The average molecular weight is 473 g/mol. The zero-order valence-corrected chi connectivity index (χ0v) is 17.7. The van der Waals surface area contributed by atoms with Crippen LogP contribution in [0, 0.1) is 0 Å². The van der Waals surface area contributed by atoms with Crippen molar-refractivity contribution >= 4 is 39.6 Å². The zero-order chi connectivity index (χ0) is 21.8. The molecule has 30 heavy (non-hydrogen) atoms. The Balaban J connectivity index is 2.06. The first kappa shape index (κ1) is 21.7. The molecule has 1 heterocycles. The molecule has 2 aromatic carbocycles. The summed E-state index contributed by atoms with van der Waals surface area (Å²) in [7, 11) is 0. The van der Waals surface area contributed by atoms with Crippen LogP contribution < -0.4 is 5.73 Å². The van der Waals surface area contributed by atoms with Crippen molar-refractivity contribution in [2.75, 3.05) is 0 Å². The van der Waals surface area contributed by atoms with Gasteiger partial charge in [0.15, 0.2) is 0 Å². The summed E-state index contributed by atoms with van der Waals surface area (Å²) in [6.45, 7) is 0. The Morgan fingerprint density at radius 2 is 1.57 bits per heavy atom. The van der Waals surface area contributed by atoms with Crippen molar-refractivity contribution in [1.82, 2.24) is 4.90 Å². The molecule has 7 nitrogen and oxygen atoms in total. The summed E-state index contributed by atoms with van der Waals surface area (Å²) in [4.78, 5) is 50.7. The molecule has 0 aromatic heterocycles. The molecule has 3 rings (SSSR count). The molecule has 3 N–H and O–H groups in total. The van der Waals surface area contributed by atoms with Gasteiger partial charge in [-0.15, -0.1) is 0 Å². The quantitative estimate of drug-likeness (QED) is 0.598. The summed E-state index contributed by atoms with van der Waals surface area (Å²) in [5.41, 5.74) is 6.26. The Morgan fingerprint density at radius 1 is 0.967 bits per heavy atom. The van der Waals surface area contributed by atoms with E-state index in [1.807, 2.05) is 0 Å². The lowest BCUT2D eigenvalue weighted by atomic mass is 9.79. The van der Waals surface area contributed by atoms with Crippen molar-refractivity contribution in [3.8, 4) is 0 Å². The minimum absolute atomic E-state index is 0.00841. The molecule has 0 spiro atoms. The molecule has 0 bridgehead atoms. The van der Waals surface area contributed by atoms with Crippen LogP contribution in [-0.2, 0) is 14.4 Å². The van der Waals surface area contributed by atoms with E-state index < -0.39 is 35.7 Å². The van der Waals surface area contributed by atoms with Gasteiger partial charge in [0.25, 0.3) is 5.91 Å². The van der Waals surface area contributed by atoms with Gasteiger partial charge in [-0.1, -0.05) is 52.3 Å². The highest BCUT2D eigenvalue weighted by atomic mass is 79.9. The smallest absolute Gasteiger partial charge is 0.313 e. The first-order valence-corrected chi connectivity index (χ1v) is 10.3. The molecule has 0 radical (unpaired) electrons. The van der Waals surface area contributed by atoms with Gasteiger partial charge in [0.05, 0.1) is 6.04 Å². The number of carboxylic acid groups (broad SMARTS) is 1. The average Bonchev–Trinajstić information content (AvgIpc) is 2.71. The highest BCUT2D eigenvalue weighted by molar-refractivity contribution is 9.10. The first-order chi connectivity index (χ1) is 14.3. The highest BCUT2D eigenvalue weighted by Gasteiger charge is 2.47.